The first-order chi connectivity index (χ1) is 15.5. The van der Waals surface area contributed by atoms with Crippen molar-refractivity contribution in [1.82, 2.24) is 0 Å². The molecular weight excluding hydrogens is 416 g/mol. The molecule has 2 N–H and O–H groups in total. The van der Waals surface area contributed by atoms with Gasteiger partial charge in [0, 0.05) is 5.41 Å². The molecule has 0 bridgehead atoms. The largest absolute Gasteiger partial charge is 0.467 e. The van der Waals surface area contributed by atoms with Crippen molar-refractivity contribution in [2.45, 2.75) is 117 Å². The van der Waals surface area contributed by atoms with Gasteiger partial charge in [-0.15, -0.1) is 0 Å². The molecule has 188 valence electrons. The number of aliphatic hydroxyl groups excluding tert-OH is 2. The van der Waals surface area contributed by atoms with Crippen molar-refractivity contribution in [3.63, 3.8) is 0 Å². The Morgan fingerprint density at radius 3 is 2.61 bits per heavy atom. The second kappa shape index (κ2) is 7.67. The zero-order valence-corrected chi connectivity index (χ0v) is 21.6. The lowest BCUT2D eigenvalue weighted by Crippen LogP contribution is -2.56. The van der Waals surface area contributed by atoms with Crippen molar-refractivity contribution in [3.8, 4) is 0 Å². The fourth-order valence-corrected chi connectivity index (χ4v) is 10.2. The van der Waals surface area contributed by atoms with E-state index >= 15 is 0 Å². The lowest BCUT2D eigenvalue weighted by atomic mass is 9.44. The standard InChI is InChI=1S/C28H46O5/c1-16(2)18(29)9-11-27-10-7-8-20-26(5)23(30)22-21(17(3)14-19(33-22)24(31)32-6)25(26,4)12-13-28(20,27)15-27/h16-23,29-30H,7-15H2,1-6H3. The molecule has 4 saturated carbocycles. The molecule has 11 atom stereocenters. The van der Waals surface area contributed by atoms with Crippen LogP contribution in [0.15, 0.2) is 0 Å². The summed E-state index contributed by atoms with van der Waals surface area (Å²) in [6.07, 6.45) is 8.40. The molecule has 0 radical (unpaired) electrons. The van der Waals surface area contributed by atoms with Gasteiger partial charge in [0.15, 0.2) is 6.10 Å². The monoisotopic (exact) mass is 462 g/mol. The van der Waals surface area contributed by atoms with Gasteiger partial charge in [-0.05, 0) is 91.3 Å². The van der Waals surface area contributed by atoms with Gasteiger partial charge in [-0.25, -0.2) is 4.79 Å². The number of aliphatic hydroxyl groups is 2. The highest BCUT2D eigenvalue weighted by Gasteiger charge is 2.81. The molecule has 1 saturated heterocycles. The summed E-state index contributed by atoms with van der Waals surface area (Å²) in [6.45, 7) is 11.3. The highest BCUT2D eigenvalue weighted by atomic mass is 16.6. The van der Waals surface area contributed by atoms with E-state index in [1.807, 2.05) is 0 Å². The van der Waals surface area contributed by atoms with E-state index in [2.05, 4.69) is 34.6 Å². The van der Waals surface area contributed by atoms with Gasteiger partial charge < -0.3 is 19.7 Å². The fourth-order valence-electron chi connectivity index (χ4n) is 10.2. The summed E-state index contributed by atoms with van der Waals surface area (Å²) in [5.74, 6) is 1.08. The zero-order valence-electron chi connectivity index (χ0n) is 21.6. The Hall–Kier alpha value is -0.650. The zero-order chi connectivity index (χ0) is 24.0. The number of ether oxygens (including phenoxy) is 2. The van der Waals surface area contributed by atoms with Gasteiger partial charge in [-0.1, -0.05) is 41.0 Å². The number of carbonyl (C=O) groups excluding carboxylic acids is 1. The minimum absolute atomic E-state index is 0.0105. The smallest absolute Gasteiger partial charge is 0.334 e. The Morgan fingerprint density at radius 1 is 1.21 bits per heavy atom. The average molecular weight is 463 g/mol. The van der Waals surface area contributed by atoms with Crippen molar-refractivity contribution in [3.05, 3.63) is 0 Å². The maximum atomic E-state index is 12.3. The molecule has 5 nitrogen and oxygen atoms in total. The van der Waals surface area contributed by atoms with Crippen LogP contribution in [0.5, 0.6) is 0 Å². The van der Waals surface area contributed by atoms with Gasteiger partial charge >= 0.3 is 5.97 Å². The Labute approximate surface area is 200 Å². The number of fused-ring (bicyclic) bond motifs is 4. The van der Waals surface area contributed by atoms with Crippen LogP contribution in [0.4, 0.5) is 0 Å². The molecule has 1 heterocycles. The molecule has 1 aliphatic heterocycles. The van der Waals surface area contributed by atoms with E-state index in [1.165, 1.54) is 39.2 Å². The minimum atomic E-state index is -0.564. The molecule has 0 aromatic rings. The number of esters is 1. The number of rotatable bonds is 5. The molecule has 5 heteroatoms. The van der Waals surface area contributed by atoms with E-state index in [-0.39, 0.29) is 34.9 Å². The Balaban J connectivity index is 1.45. The Bertz CT molecular complexity index is 797. The van der Waals surface area contributed by atoms with Crippen LogP contribution in [0.2, 0.25) is 0 Å². The van der Waals surface area contributed by atoms with E-state index < -0.39 is 12.2 Å². The van der Waals surface area contributed by atoms with Crippen LogP contribution in [-0.2, 0) is 14.3 Å². The summed E-state index contributed by atoms with van der Waals surface area (Å²) in [6, 6.07) is 0. The van der Waals surface area contributed by atoms with Gasteiger partial charge in [-0.2, -0.15) is 0 Å². The highest BCUT2D eigenvalue weighted by Crippen LogP contribution is 2.86. The SMILES string of the molecule is COC(=O)C1CC(C)C2C(O1)C(O)C1(C)C3CCCC4(CCC(O)C(C)C)CC34CCC21C. The summed E-state index contributed by atoms with van der Waals surface area (Å²) >= 11 is 0. The molecule has 33 heavy (non-hydrogen) atoms. The number of hydrogen-bond donors (Lipinski definition) is 2. The third kappa shape index (κ3) is 2.97. The van der Waals surface area contributed by atoms with Crippen LogP contribution in [0.3, 0.4) is 0 Å². The fraction of sp³-hybridized carbons (Fsp3) is 0.964. The van der Waals surface area contributed by atoms with Crippen LogP contribution in [0.1, 0.15) is 92.4 Å². The number of methoxy groups -OCH3 is 1. The first-order valence-corrected chi connectivity index (χ1v) is 13.6. The topological polar surface area (TPSA) is 76.0 Å². The molecule has 0 aromatic heterocycles. The van der Waals surface area contributed by atoms with Crippen molar-refractivity contribution >= 4 is 5.97 Å². The average Bonchev–Trinajstić information content (AvgIpc) is 3.42. The maximum Gasteiger partial charge on any atom is 0.334 e. The summed E-state index contributed by atoms with van der Waals surface area (Å²) in [7, 11) is 1.42. The third-order valence-electron chi connectivity index (χ3n) is 12.1. The summed E-state index contributed by atoms with van der Waals surface area (Å²) in [4.78, 5) is 12.3. The lowest BCUT2D eigenvalue weighted by Gasteiger charge is -2.60. The van der Waals surface area contributed by atoms with E-state index in [1.54, 1.807) is 0 Å². The van der Waals surface area contributed by atoms with E-state index in [0.29, 0.717) is 35.0 Å². The van der Waals surface area contributed by atoms with Crippen molar-refractivity contribution in [1.29, 1.82) is 0 Å². The molecule has 0 aromatic carbocycles. The van der Waals surface area contributed by atoms with Gasteiger partial charge in [0.05, 0.1) is 25.4 Å². The highest BCUT2D eigenvalue weighted by molar-refractivity contribution is 5.74. The maximum absolute atomic E-state index is 12.3. The van der Waals surface area contributed by atoms with E-state index in [0.717, 1.165) is 19.3 Å². The predicted octanol–water partition coefficient (Wildman–Crippen LogP) is 4.72. The molecule has 11 unspecified atom stereocenters. The van der Waals surface area contributed by atoms with Crippen molar-refractivity contribution < 1.29 is 24.5 Å². The lowest BCUT2D eigenvalue weighted by molar-refractivity contribution is -0.181. The summed E-state index contributed by atoms with van der Waals surface area (Å²) in [5.41, 5.74) is 0.468. The molecule has 4 aliphatic carbocycles. The molecule has 0 amide bonds. The Morgan fingerprint density at radius 2 is 1.94 bits per heavy atom. The molecule has 5 fully saturated rings. The first-order valence-electron chi connectivity index (χ1n) is 13.6. The van der Waals surface area contributed by atoms with Crippen LogP contribution in [-0.4, -0.2) is 47.7 Å². The molecule has 5 aliphatic rings. The van der Waals surface area contributed by atoms with Gasteiger partial charge in [0.25, 0.3) is 0 Å². The predicted molar refractivity (Wildman–Crippen MR) is 126 cm³/mol. The van der Waals surface area contributed by atoms with Crippen LogP contribution >= 0.6 is 0 Å². The number of carbonyl (C=O) groups is 1. The minimum Gasteiger partial charge on any atom is -0.467 e. The molecular formula is C28H46O5. The second-order valence-corrected chi connectivity index (χ2v) is 13.4. The van der Waals surface area contributed by atoms with E-state index in [9.17, 15) is 15.0 Å². The Kier molecular flexibility index (Phi) is 5.59. The quantitative estimate of drug-likeness (QED) is 0.578. The summed E-state index contributed by atoms with van der Waals surface area (Å²) in [5, 5.41) is 22.5. The summed E-state index contributed by atoms with van der Waals surface area (Å²) < 4.78 is 11.4. The first kappa shape index (κ1) is 24.1. The van der Waals surface area contributed by atoms with Crippen LogP contribution < -0.4 is 0 Å². The normalized spacial score (nSPS) is 53.5. The number of hydrogen-bond acceptors (Lipinski definition) is 5. The van der Waals surface area contributed by atoms with Crippen molar-refractivity contribution in [2.24, 2.45) is 45.3 Å². The van der Waals surface area contributed by atoms with Crippen LogP contribution in [0.25, 0.3) is 0 Å². The van der Waals surface area contributed by atoms with Crippen molar-refractivity contribution in [2.75, 3.05) is 7.11 Å². The third-order valence-corrected chi connectivity index (χ3v) is 12.1. The van der Waals surface area contributed by atoms with Gasteiger partial charge in [0.1, 0.15) is 0 Å². The molecule has 1 spiro atoms. The molecule has 5 rings (SSSR count). The van der Waals surface area contributed by atoms with Crippen LogP contribution in [0, 0.1) is 45.3 Å². The van der Waals surface area contributed by atoms with Gasteiger partial charge in [-0.3, -0.25) is 0 Å². The van der Waals surface area contributed by atoms with Gasteiger partial charge in [0.2, 0.25) is 0 Å². The van der Waals surface area contributed by atoms with E-state index in [4.69, 9.17) is 9.47 Å². The second-order valence-electron chi connectivity index (χ2n) is 13.4.